The molecule has 1 aliphatic rings. The van der Waals surface area contributed by atoms with E-state index in [-0.39, 0.29) is 49.0 Å². The number of amides is 4. The highest BCUT2D eigenvalue weighted by molar-refractivity contribution is 5.99. The van der Waals surface area contributed by atoms with E-state index < -0.39 is 87.9 Å². The number of ether oxygens (including phenoxy) is 2. The Bertz CT molecular complexity index is 1690. The Morgan fingerprint density at radius 2 is 1.30 bits per heavy atom. The fourth-order valence-electron chi connectivity index (χ4n) is 7.91. The number of rotatable bonds is 18. The van der Waals surface area contributed by atoms with Gasteiger partial charge >= 0.3 is 12.1 Å². The first-order valence-corrected chi connectivity index (χ1v) is 22.0. The summed E-state index contributed by atoms with van der Waals surface area (Å²) in [5, 5.41) is 8.91. The first-order valence-electron chi connectivity index (χ1n) is 22.0. The normalized spacial score (nSPS) is 16.9. The molecular formula is C48H78N4O9. The van der Waals surface area contributed by atoms with Crippen LogP contribution in [0.5, 0.6) is 0 Å². The predicted molar refractivity (Wildman–Crippen MR) is 237 cm³/mol. The second-order valence-corrected chi connectivity index (χ2v) is 21.5. The van der Waals surface area contributed by atoms with Crippen molar-refractivity contribution in [3.8, 4) is 0 Å². The molecule has 0 saturated heterocycles. The molecule has 344 valence electrons. The first-order chi connectivity index (χ1) is 27.8. The van der Waals surface area contributed by atoms with Gasteiger partial charge in [-0.3, -0.25) is 33.7 Å². The molecule has 1 fully saturated rings. The van der Waals surface area contributed by atoms with Crippen LogP contribution >= 0.6 is 0 Å². The zero-order chi connectivity index (χ0) is 46.9. The number of hydrogen-bond donors (Lipinski definition) is 3. The second kappa shape index (κ2) is 21.2. The SMILES string of the molecule is CC[C@@H](NC(=O)[C@@H](NC(=O)[C@@H](CC(=O)[C@@H](NC(=O)[C@H](C(C)C)N(C)C(=O)OC(C)(C)C)C(C)(C)C)CC(=O)C(C)(C)C)C1(C(=O)OCc2ccccc2)CCCC1)C(C)(C)C. The number of likely N-dealkylation sites (N-methyl/N-ethyl adjacent to an activating group) is 1. The first kappa shape index (κ1) is 52.8. The lowest BCUT2D eigenvalue weighted by Gasteiger charge is -2.38. The van der Waals surface area contributed by atoms with E-state index >= 15 is 0 Å². The van der Waals surface area contributed by atoms with E-state index in [9.17, 15) is 33.6 Å². The van der Waals surface area contributed by atoms with Gasteiger partial charge in [-0.25, -0.2) is 4.79 Å². The van der Waals surface area contributed by atoms with Crippen LogP contribution in [0.15, 0.2) is 30.3 Å². The van der Waals surface area contributed by atoms with Gasteiger partial charge in [0.1, 0.15) is 30.1 Å². The number of carbonyl (C=O) groups is 7. The molecule has 5 atom stereocenters. The molecule has 0 aromatic heterocycles. The predicted octanol–water partition coefficient (Wildman–Crippen LogP) is 7.72. The highest BCUT2D eigenvalue weighted by Gasteiger charge is 2.54. The lowest BCUT2D eigenvalue weighted by Crippen LogP contribution is -2.62. The van der Waals surface area contributed by atoms with Crippen LogP contribution in [0.3, 0.4) is 0 Å². The molecule has 2 rings (SSSR count). The van der Waals surface area contributed by atoms with Crippen molar-refractivity contribution in [2.45, 2.75) is 185 Å². The van der Waals surface area contributed by atoms with Crippen molar-refractivity contribution in [3.63, 3.8) is 0 Å². The summed E-state index contributed by atoms with van der Waals surface area (Å²) in [4.78, 5) is 100. The number of carbonyl (C=O) groups excluding carboxylic acids is 7. The molecule has 13 heteroatoms. The van der Waals surface area contributed by atoms with Crippen LogP contribution in [0.2, 0.25) is 0 Å². The summed E-state index contributed by atoms with van der Waals surface area (Å²) in [6, 6.07) is 5.37. The molecule has 0 aliphatic heterocycles. The molecule has 13 nitrogen and oxygen atoms in total. The molecule has 4 amide bonds. The summed E-state index contributed by atoms with van der Waals surface area (Å²) in [5.41, 5.74) is -3.55. The van der Waals surface area contributed by atoms with Crippen LogP contribution in [0.25, 0.3) is 0 Å². The lowest BCUT2D eigenvalue weighted by molar-refractivity contribution is -0.162. The van der Waals surface area contributed by atoms with E-state index in [0.717, 1.165) is 5.56 Å². The van der Waals surface area contributed by atoms with E-state index in [2.05, 4.69) is 16.0 Å². The topological polar surface area (TPSA) is 177 Å². The van der Waals surface area contributed by atoms with Gasteiger partial charge in [0.25, 0.3) is 0 Å². The number of ketones is 2. The maximum atomic E-state index is 14.8. The minimum absolute atomic E-state index is 0.0222. The van der Waals surface area contributed by atoms with Crippen LogP contribution in [0, 0.1) is 33.5 Å². The van der Waals surface area contributed by atoms with E-state index in [1.165, 1.54) is 11.9 Å². The fourth-order valence-corrected chi connectivity index (χ4v) is 7.91. The van der Waals surface area contributed by atoms with E-state index in [4.69, 9.17) is 9.47 Å². The van der Waals surface area contributed by atoms with Gasteiger partial charge in [-0.2, -0.15) is 0 Å². The van der Waals surface area contributed by atoms with Crippen molar-refractivity contribution in [3.05, 3.63) is 35.9 Å². The van der Waals surface area contributed by atoms with Gasteiger partial charge in [-0.1, -0.05) is 126 Å². The lowest BCUT2D eigenvalue weighted by atomic mass is 9.76. The zero-order valence-electron chi connectivity index (χ0n) is 40.1. The Morgan fingerprint density at radius 1 is 0.738 bits per heavy atom. The summed E-state index contributed by atoms with van der Waals surface area (Å²) in [7, 11) is 1.47. The number of nitrogens with zero attached hydrogens (tertiary/aromatic N) is 1. The fraction of sp³-hybridized carbons (Fsp3) is 0.729. The molecule has 0 spiro atoms. The van der Waals surface area contributed by atoms with Crippen LogP contribution < -0.4 is 16.0 Å². The van der Waals surface area contributed by atoms with Crippen molar-refractivity contribution in [1.82, 2.24) is 20.9 Å². The number of Topliss-reactive ketones (excluding diaryl/α,β-unsaturated/α-hetero) is 2. The minimum atomic E-state index is -1.42. The van der Waals surface area contributed by atoms with Crippen molar-refractivity contribution < 1.29 is 43.0 Å². The highest BCUT2D eigenvalue weighted by Crippen LogP contribution is 2.43. The maximum absolute atomic E-state index is 14.8. The van der Waals surface area contributed by atoms with Gasteiger partial charge in [-0.15, -0.1) is 0 Å². The number of hydrogen-bond acceptors (Lipinski definition) is 9. The molecule has 0 bridgehead atoms. The van der Waals surface area contributed by atoms with Crippen LogP contribution in [-0.2, 0) is 44.8 Å². The van der Waals surface area contributed by atoms with Crippen molar-refractivity contribution in [2.24, 2.45) is 33.5 Å². The summed E-state index contributed by atoms with van der Waals surface area (Å²) in [6.45, 7) is 27.2. The quantitative estimate of drug-likeness (QED) is 0.125. The van der Waals surface area contributed by atoms with Gasteiger partial charge in [0.2, 0.25) is 17.7 Å². The molecule has 1 aromatic rings. The average molecular weight is 855 g/mol. The van der Waals surface area contributed by atoms with E-state index in [1.807, 2.05) is 58.0 Å². The Labute approximate surface area is 366 Å². The summed E-state index contributed by atoms with van der Waals surface area (Å²) >= 11 is 0. The minimum Gasteiger partial charge on any atom is -0.460 e. The van der Waals surface area contributed by atoms with Crippen LogP contribution in [0.4, 0.5) is 4.79 Å². The third kappa shape index (κ3) is 15.2. The monoisotopic (exact) mass is 855 g/mol. The maximum Gasteiger partial charge on any atom is 0.410 e. The Kier molecular flexibility index (Phi) is 18.4. The summed E-state index contributed by atoms with van der Waals surface area (Å²) < 4.78 is 11.4. The van der Waals surface area contributed by atoms with E-state index in [0.29, 0.717) is 19.3 Å². The average Bonchev–Trinajstić information content (AvgIpc) is 3.62. The summed E-state index contributed by atoms with van der Waals surface area (Å²) in [5.74, 6) is -4.90. The molecule has 61 heavy (non-hydrogen) atoms. The number of nitrogens with one attached hydrogen (secondary N) is 3. The Hall–Kier alpha value is -4.29. The number of esters is 1. The molecule has 1 saturated carbocycles. The molecular weight excluding hydrogens is 777 g/mol. The van der Waals surface area contributed by atoms with Gasteiger partial charge in [-0.05, 0) is 62.3 Å². The van der Waals surface area contributed by atoms with Crippen molar-refractivity contribution in [1.29, 1.82) is 0 Å². The Balaban J connectivity index is 2.63. The molecule has 0 unspecified atom stereocenters. The van der Waals surface area contributed by atoms with Gasteiger partial charge in [0.05, 0.1) is 17.4 Å². The number of benzene rings is 1. The van der Waals surface area contributed by atoms with Crippen molar-refractivity contribution >= 4 is 41.4 Å². The molecule has 0 radical (unpaired) electrons. The van der Waals surface area contributed by atoms with Crippen LogP contribution in [0.1, 0.15) is 154 Å². The van der Waals surface area contributed by atoms with Gasteiger partial charge < -0.3 is 25.4 Å². The van der Waals surface area contributed by atoms with Crippen molar-refractivity contribution in [2.75, 3.05) is 7.05 Å². The summed E-state index contributed by atoms with van der Waals surface area (Å²) in [6.07, 6.45) is 0.899. The molecule has 1 aliphatic carbocycles. The molecule has 0 heterocycles. The third-order valence-electron chi connectivity index (χ3n) is 11.5. The largest absolute Gasteiger partial charge is 0.460 e. The molecule has 3 N–H and O–H groups in total. The van der Waals surface area contributed by atoms with Crippen LogP contribution in [-0.4, -0.2) is 83.1 Å². The van der Waals surface area contributed by atoms with Gasteiger partial charge in [0.15, 0.2) is 5.78 Å². The van der Waals surface area contributed by atoms with E-state index in [1.54, 1.807) is 76.2 Å². The second-order valence-electron chi connectivity index (χ2n) is 21.5. The third-order valence-corrected chi connectivity index (χ3v) is 11.5. The highest BCUT2D eigenvalue weighted by atomic mass is 16.6. The Morgan fingerprint density at radius 3 is 1.75 bits per heavy atom. The molecule has 1 aromatic carbocycles. The zero-order valence-corrected chi connectivity index (χ0v) is 40.1. The smallest absolute Gasteiger partial charge is 0.410 e. The van der Waals surface area contributed by atoms with Gasteiger partial charge in [0, 0.05) is 31.3 Å². The standard InChI is InChI=1S/C48H78N4O9/c1-17-34(44(4,5)6)49-41(57)38(48(25-21-22-26-48)42(58)60-29-31-23-19-18-20-24-31)51-39(55)32(28-35(54)45(7,8)9)27-33(53)37(46(10,11)12)50-40(56)36(30(2)3)52(16)43(59)61-47(13,14)15/h18-20,23-24,30,32,34,36-38H,17,21-22,25-29H2,1-16H3,(H,49,57)(H,50,56)(H,51,55)/t32-,34+,36-,37+,38+/m0/s1.